The molecule has 33 heavy (non-hydrogen) atoms. The number of para-hydroxylation sites is 1. The van der Waals surface area contributed by atoms with Gasteiger partial charge in [-0.2, -0.15) is 5.10 Å². The minimum atomic E-state index is -0.351. The van der Waals surface area contributed by atoms with Crippen molar-refractivity contribution in [3.63, 3.8) is 0 Å². The van der Waals surface area contributed by atoms with E-state index < -0.39 is 0 Å². The van der Waals surface area contributed by atoms with Gasteiger partial charge in [-0.25, -0.2) is 4.79 Å². The molecule has 166 valence electrons. The summed E-state index contributed by atoms with van der Waals surface area (Å²) in [4.78, 5) is 24.8. The van der Waals surface area contributed by atoms with Gasteiger partial charge in [0.1, 0.15) is 6.54 Å². The highest BCUT2D eigenvalue weighted by Crippen LogP contribution is 2.19. The number of hydrogen-bond acceptors (Lipinski definition) is 4. The predicted molar refractivity (Wildman–Crippen MR) is 132 cm³/mol. The fourth-order valence-corrected chi connectivity index (χ4v) is 3.46. The first kappa shape index (κ1) is 22.0. The lowest BCUT2D eigenvalue weighted by Gasteiger charge is -2.10. The average Bonchev–Trinajstić information content (AvgIpc) is 3.15. The van der Waals surface area contributed by atoms with Crippen molar-refractivity contribution in [2.24, 2.45) is 0 Å². The zero-order chi connectivity index (χ0) is 23.2. The van der Waals surface area contributed by atoms with Crippen LogP contribution in [0.2, 0.25) is 0 Å². The molecule has 0 unspecified atom stereocenters. The maximum absolute atomic E-state index is 12.6. The number of hydrogen-bond donors (Lipinski definition) is 4. The van der Waals surface area contributed by atoms with E-state index in [1.807, 2.05) is 49.4 Å². The molecule has 0 saturated carbocycles. The molecule has 4 N–H and O–H groups in total. The Balaban J connectivity index is 1.37. The molecule has 0 fully saturated rings. The van der Waals surface area contributed by atoms with Crippen LogP contribution in [0.15, 0.2) is 78.9 Å². The van der Waals surface area contributed by atoms with Crippen molar-refractivity contribution in [1.82, 2.24) is 14.8 Å². The number of anilines is 3. The van der Waals surface area contributed by atoms with Gasteiger partial charge >= 0.3 is 6.03 Å². The lowest BCUT2D eigenvalue weighted by Crippen LogP contribution is -2.20. The highest BCUT2D eigenvalue weighted by Gasteiger charge is 2.13. The molecule has 0 radical (unpaired) electrons. The summed E-state index contributed by atoms with van der Waals surface area (Å²) in [7, 11) is 0. The Morgan fingerprint density at radius 3 is 2.18 bits per heavy atom. The maximum atomic E-state index is 12.6. The number of aryl methyl sites for hydroxylation is 1. The molecular weight excluding hydrogens is 436 g/mol. The Bertz CT molecular complexity index is 1330. The van der Waals surface area contributed by atoms with E-state index >= 15 is 0 Å². The van der Waals surface area contributed by atoms with Crippen LogP contribution in [0.1, 0.15) is 5.56 Å². The van der Waals surface area contributed by atoms with Gasteiger partial charge in [-0.15, -0.1) is 0 Å². The number of carbonyl (C=O) groups excluding carboxylic acids is 2. The van der Waals surface area contributed by atoms with Gasteiger partial charge in [0, 0.05) is 22.6 Å². The quantitative estimate of drug-likeness (QED) is 0.298. The summed E-state index contributed by atoms with van der Waals surface area (Å²) < 4.78 is 2.02. The molecule has 1 heterocycles. The molecule has 0 aliphatic carbocycles. The Hall–Kier alpha value is -4.24. The molecular formula is C24H22N6O2S. The molecule has 0 bridgehead atoms. The molecule has 1 aromatic heterocycles. The third-order valence-electron chi connectivity index (χ3n) is 4.79. The summed E-state index contributed by atoms with van der Waals surface area (Å²) in [6.07, 6.45) is 0. The largest absolute Gasteiger partial charge is 0.325 e. The number of carbonyl (C=O) groups is 2. The summed E-state index contributed by atoms with van der Waals surface area (Å²) in [6.45, 7) is 2.00. The summed E-state index contributed by atoms with van der Waals surface area (Å²) in [5.74, 6) is 0.353. The van der Waals surface area contributed by atoms with Crippen molar-refractivity contribution in [2.45, 2.75) is 13.5 Å². The van der Waals surface area contributed by atoms with Crippen molar-refractivity contribution in [1.29, 1.82) is 0 Å². The number of amides is 3. The molecule has 0 saturated heterocycles. The van der Waals surface area contributed by atoms with E-state index in [2.05, 4.69) is 26.1 Å². The molecule has 0 atom stereocenters. The molecule has 0 aliphatic rings. The first-order valence-corrected chi connectivity index (χ1v) is 10.6. The van der Waals surface area contributed by atoms with Crippen LogP contribution in [-0.4, -0.2) is 26.7 Å². The van der Waals surface area contributed by atoms with E-state index in [9.17, 15) is 9.59 Å². The minimum absolute atomic E-state index is 0.0120. The smallest absolute Gasteiger partial charge is 0.323 e. The van der Waals surface area contributed by atoms with E-state index in [0.717, 1.165) is 11.1 Å². The summed E-state index contributed by atoms with van der Waals surface area (Å²) >= 11 is 5.31. The fourth-order valence-electron chi connectivity index (χ4n) is 3.26. The lowest BCUT2D eigenvalue weighted by atomic mass is 10.1. The third kappa shape index (κ3) is 5.72. The van der Waals surface area contributed by atoms with Gasteiger partial charge in [-0.3, -0.25) is 14.5 Å². The monoisotopic (exact) mass is 458 g/mol. The molecule has 0 aliphatic heterocycles. The SMILES string of the molecule is Cc1cccc(-c2n[nH]c(=S)n2CC(=O)Nc2ccc(NC(=O)Nc3ccccc3)cc2)c1. The van der Waals surface area contributed by atoms with Crippen molar-refractivity contribution in [2.75, 3.05) is 16.0 Å². The number of H-pyrrole nitrogens is 1. The number of urea groups is 1. The average molecular weight is 459 g/mol. The molecule has 4 aromatic rings. The standard InChI is InChI=1S/C24H22N6O2S/c1-16-6-5-7-17(14-16)22-28-29-24(33)30(22)15-21(31)25-19-10-12-20(13-11-19)27-23(32)26-18-8-3-2-4-9-18/h2-14H,15H2,1H3,(H,25,31)(H,29,33)(H2,26,27,32). The second-order valence-electron chi connectivity index (χ2n) is 7.38. The van der Waals surface area contributed by atoms with Crippen LogP contribution < -0.4 is 16.0 Å². The lowest BCUT2D eigenvalue weighted by molar-refractivity contribution is -0.116. The second kappa shape index (κ2) is 9.92. The van der Waals surface area contributed by atoms with Crippen LogP contribution >= 0.6 is 12.2 Å². The second-order valence-corrected chi connectivity index (χ2v) is 7.77. The first-order valence-electron chi connectivity index (χ1n) is 10.2. The number of benzene rings is 3. The van der Waals surface area contributed by atoms with Gasteiger partial charge in [-0.05, 0) is 61.6 Å². The van der Waals surface area contributed by atoms with Crippen molar-refractivity contribution >= 4 is 41.2 Å². The Morgan fingerprint density at radius 2 is 1.52 bits per heavy atom. The topological polar surface area (TPSA) is 104 Å². The zero-order valence-electron chi connectivity index (χ0n) is 17.8. The van der Waals surface area contributed by atoms with E-state index in [1.54, 1.807) is 41.0 Å². The summed E-state index contributed by atoms with van der Waals surface area (Å²) in [6, 6.07) is 23.5. The van der Waals surface area contributed by atoms with Crippen LogP contribution in [0.4, 0.5) is 21.9 Å². The predicted octanol–water partition coefficient (Wildman–Crippen LogP) is 5.20. The van der Waals surface area contributed by atoms with Gasteiger partial charge in [0.05, 0.1) is 0 Å². The Labute approximate surface area is 195 Å². The normalized spacial score (nSPS) is 10.5. The zero-order valence-corrected chi connectivity index (χ0v) is 18.6. The third-order valence-corrected chi connectivity index (χ3v) is 5.11. The number of aromatic amines is 1. The highest BCUT2D eigenvalue weighted by atomic mass is 32.1. The van der Waals surface area contributed by atoms with Gasteiger partial charge in [0.15, 0.2) is 10.6 Å². The summed E-state index contributed by atoms with van der Waals surface area (Å²) in [5.41, 5.74) is 3.85. The Morgan fingerprint density at radius 1 is 0.879 bits per heavy atom. The van der Waals surface area contributed by atoms with Crippen molar-refractivity contribution in [3.05, 3.63) is 89.2 Å². The fraction of sp³-hybridized carbons (Fsp3) is 0.0833. The van der Waals surface area contributed by atoms with Crippen LogP contribution in [-0.2, 0) is 11.3 Å². The molecule has 4 rings (SSSR count). The van der Waals surface area contributed by atoms with E-state index in [0.29, 0.717) is 27.7 Å². The van der Waals surface area contributed by atoms with E-state index in [1.165, 1.54) is 0 Å². The molecule has 3 amide bonds. The van der Waals surface area contributed by atoms with Gasteiger partial charge in [-0.1, -0.05) is 42.0 Å². The minimum Gasteiger partial charge on any atom is -0.325 e. The molecule has 8 nitrogen and oxygen atoms in total. The van der Waals surface area contributed by atoms with Crippen LogP contribution in [0.5, 0.6) is 0 Å². The van der Waals surface area contributed by atoms with Crippen molar-refractivity contribution in [3.8, 4) is 11.4 Å². The number of aromatic nitrogens is 3. The number of nitrogens with zero attached hydrogens (tertiary/aromatic N) is 2. The highest BCUT2D eigenvalue weighted by molar-refractivity contribution is 7.71. The maximum Gasteiger partial charge on any atom is 0.323 e. The van der Waals surface area contributed by atoms with Gasteiger partial charge < -0.3 is 16.0 Å². The van der Waals surface area contributed by atoms with E-state index in [4.69, 9.17) is 12.2 Å². The first-order chi connectivity index (χ1) is 16.0. The number of nitrogens with one attached hydrogen (secondary N) is 4. The number of rotatable bonds is 6. The molecule has 9 heteroatoms. The van der Waals surface area contributed by atoms with Crippen LogP contribution in [0.3, 0.4) is 0 Å². The van der Waals surface area contributed by atoms with E-state index in [-0.39, 0.29) is 18.5 Å². The van der Waals surface area contributed by atoms with Crippen molar-refractivity contribution < 1.29 is 9.59 Å². The van der Waals surface area contributed by atoms with Crippen LogP contribution in [0.25, 0.3) is 11.4 Å². The van der Waals surface area contributed by atoms with Crippen LogP contribution in [0, 0.1) is 11.7 Å². The molecule has 0 spiro atoms. The summed E-state index contributed by atoms with van der Waals surface area (Å²) in [5, 5.41) is 15.4. The van der Waals surface area contributed by atoms with Gasteiger partial charge in [0.25, 0.3) is 0 Å². The Kier molecular flexibility index (Phi) is 6.61. The molecule has 3 aromatic carbocycles. The van der Waals surface area contributed by atoms with Gasteiger partial charge in [0.2, 0.25) is 5.91 Å².